The van der Waals surface area contributed by atoms with Crippen LogP contribution in [0, 0.1) is 5.92 Å². The number of aryl methyl sites for hydroxylation is 1. The molecule has 1 aliphatic rings. The minimum Gasteiger partial charge on any atom is -0.299 e. The average molecular weight is 279 g/mol. The van der Waals surface area contributed by atoms with Gasteiger partial charge in [0.2, 0.25) is 0 Å². The maximum absolute atomic E-state index is 2.63. The van der Waals surface area contributed by atoms with Gasteiger partial charge in [0.05, 0.1) is 0 Å². The molecule has 0 aliphatic carbocycles. The second-order valence-corrected chi connectivity index (χ2v) is 6.25. The molecule has 0 aromatic heterocycles. The Hall–Kier alpha value is -1.60. The standard InChI is InChI=1S/C20H25N/c1-3-8-18(9-4-1)13-14-20-12-7-15-21(17-20)16-19-10-5-2-6-11-19/h1-6,8-11,20H,7,12-17H2. The molecule has 0 bridgehead atoms. The molecule has 0 spiro atoms. The van der Waals surface area contributed by atoms with Gasteiger partial charge in [-0.15, -0.1) is 0 Å². The summed E-state index contributed by atoms with van der Waals surface area (Å²) < 4.78 is 0. The van der Waals surface area contributed by atoms with Crippen molar-refractivity contribution in [3.05, 3.63) is 71.8 Å². The maximum Gasteiger partial charge on any atom is 0.0233 e. The zero-order chi connectivity index (χ0) is 14.3. The molecule has 2 aromatic carbocycles. The molecule has 1 fully saturated rings. The summed E-state index contributed by atoms with van der Waals surface area (Å²) in [6.45, 7) is 3.64. The maximum atomic E-state index is 2.63. The Bertz CT molecular complexity index is 520. The fourth-order valence-electron chi connectivity index (χ4n) is 3.39. The number of benzene rings is 2. The number of hydrogen-bond acceptors (Lipinski definition) is 1. The highest BCUT2D eigenvalue weighted by Crippen LogP contribution is 2.22. The lowest BCUT2D eigenvalue weighted by molar-refractivity contribution is 0.162. The van der Waals surface area contributed by atoms with E-state index in [0.717, 1.165) is 12.5 Å². The van der Waals surface area contributed by atoms with E-state index in [1.165, 1.54) is 49.9 Å². The van der Waals surface area contributed by atoms with Crippen LogP contribution in [0.1, 0.15) is 30.4 Å². The van der Waals surface area contributed by atoms with Crippen LogP contribution in [0.25, 0.3) is 0 Å². The largest absolute Gasteiger partial charge is 0.299 e. The summed E-state index contributed by atoms with van der Waals surface area (Å²) in [6, 6.07) is 21.8. The summed E-state index contributed by atoms with van der Waals surface area (Å²) in [5.74, 6) is 0.864. The lowest BCUT2D eigenvalue weighted by atomic mass is 9.91. The molecule has 0 N–H and O–H groups in total. The highest BCUT2D eigenvalue weighted by atomic mass is 15.1. The third kappa shape index (κ3) is 4.44. The Labute approximate surface area is 128 Å². The van der Waals surface area contributed by atoms with Crippen LogP contribution < -0.4 is 0 Å². The van der Waals surface area contributed by atoms with E-state index >= 15 is 0 Å². The second kappa shape index (κ2) is 7.42. The van der Waals surface area contributed by atoms with E-state index in [-0.39, 0.29) is 0 Å². The summed E-state index contributed by atoms with van der Waals surface area (Å²) >= 11 is 0. The molecule has 1 unspecified atom stereocenters. The van der Waals surface area contributed by atoms with Crippen LogP contribution in [0.15, 0.2) is 60.7 Å². The Morgan fingerprint density at radius 3 is 2.24 bits per heavy atom. The minimum atomic E-state index is 0.864. The van der Waals surface area contributed by atoms with Crippen molar-refractivity contribution in [2.45, 2.75) is 32.2 Å². The van der Waals surface area contributed by atoms with Crippen molar-refractivity contribution in [3.63, 3.8) is 0 Å². The first kappa shape index (κ1) is 14.3. The van der Waals surface area contributed by atoms with Gasteiger partial charge in [0, 0.05) is 13.1 Å². The molecule has 0 amide bonds. The van der Waals surface area contributed by atoms with Crippen LogP contribution in [-0.2, 0) is 13.0 Å². The van der Waals surface area contributed by atoms with Gasteiger partial charge in [0.1, 0.15) is 0 Å². The van der Waals surface area contributed by atoms with Crippen LogP contribution in [0.3, 0.4) is 0 Å². The lowest BCUT2D eigenvalue weighted by Gasteiger charge is -2.32. The predicted octanol–water partition coefficient (Wildman–Crippen LogP) is 4.53. The van der Waals surface area contributed by atoms with Crippen LogP contribution in [0.5, 0.6) is 0 Å². The monoisotopic (exact) mass is 279 g/mol. The van der Waals surface area contributed by atoms with Crippen LogP contribution in [-0.4, -0.2) is 18.0 Å². The molecule has 1 nitrogen and oxygen atoms in total. The molecule has 21 heavy (non-hydrogen) atoms. The molecule has 110 valence electrons. The summed E-state index contributed by atoms with van der Waals surface area (Å²) in [6.07, 6.45) is 5.31. The summed E-state index contributed by atoms with van der Waals surface area (Å²) in [7, 11) is 0. The summed E-state index contributed by atoms with van der Waals surface area (Å²) in [5.41, 5.74) is 2.93. The van der Waals surface area contributed by atoms with Crippen LogP contribution in [0.2, 0.25) is 0 Å². The molecule has 1 atom stereocenters. The van der Waals surface area contributed by atoms with Crippen molar-refractivity contribution in [1.29, 1.82) is 0 Å². The topological polar surface area (TPSA) is 3.24 Å². The lowest BCUT2D eigenvalue weighted by Crippen LogP contribution is -2.35. The summed E-state index contributed by atoms with van der Waals surface area (Å²) in [4.78, 5) is 2.63. The van der Waals surface area contributed by atoms with Crippen LogP contribution >= 0.6 is 0 Å². The van der Waals surface area contributed by atoms with E-state index in [0.29, 0.717) is 0 Å². The number of likely N-dealkylation sites (tertiary alicyclic amines) is 1. The van der Waals surface area contributed by atoms with Gasteiger partial charge in [-0.05, 0) is 49.3 Å². The van der Waals surface area contributed by atoms with Gasteiger partial charge in [-0.1, -0.05) is 60.7 Å². The van der Waals surface area contributed by atoms with E-state index in [1.54, 1.807) is 0 Å². The average Bonchev–Trinajstić information content (AvgIpc) is 2.55. The smallest absolute Gasteiger partial charge is 0.0233 e. The van der Waals surface area contributed by atoms with Gasteiger partial charge >= 0.3 is 0 Å². The molecule has 0 saturated carbocycles. The highest BCUT2D eigenvalue weighted by Gasteiger charge is 2.19. The first-order valence-electron chi connectivity index (χ1n) is 8.20. The highest BCUT2D eigenvalue weighted by molar-refractivity contribution is 5.15. The molecule has 3 rings (SSSR count). The molecular formula is C20H25N. The second-order valence-electron chi connectivity index (χ2n) is 6.25. The SMILES string of the molecule is c1ccc(CCC2CCCN(Cc3ccccc3)C2)cc1. The Morgan fingerprint density at radius 2 is 1.52 bits per heavy atom. The van der Waals surface area contributed by atoms with Gasteiger partial charge in [0.15, 0.2) is 0 Å². The quantitative estimate of drug-likeness (QED) is 0.777. The predicted molar refractivity (Wildman–Crippen MR) is 89.2 cm³/mol. The molecule has 1 heterocycles. The normalized spacial score (nSPS) is 19.5. The first-order chi connectivity index (χ1) is 10.4. The van der Waals surface area contributed by atoms with Gasteiger partial charge in [0.25, 0.3) is 0 Å². The minimum absolute atomic E-state index is 0.864. The Balaban J connectivity index is 1.49. The number of hydrogen-bond donors (Lipinski definition) is 0. The molecule has 1 saturated heterocycles. The molecule has 0 radical (unpaired) electrons. The Kier molecular flexibility index (Phi) is 5.07. The van der Waals surface area contributed by atoms with Crippen molar-refractivity contribution in [3.8, 4) is 0 Å². The molecule has 1 heteroatoms. The zero-order valence-electron chi connectivity index (χ0n) is 12.7. The van der Waals surface area contributed by atoms with Crippen molar-refractivity contribution in [2.24, 2.45) is 5.92 Å². The van der Waals surface area contributed by atoms with E-state index in [1.807, 2.05) is 0 Å². The third-order valence-corrected chi connectivity index (χ3v) is 4.54. The fourth-order valence-corrected chi connectivity index (χ4v) is 3.39. The van der Waals surface area contributed by atoms with Gasteiger partial charge < -0.3 is 0 Å². The van der Waals surface area contributed by atoms with E-state index in [4.69, 9.17) is 0 Å². The van der Waals surface area contributed by atoms with Crippen molar-refractivity contribution >= 4 is 0 Å². The van der Waals surface area contributed by atoms with Crippen molar-refractivity contribution < 1.29 is 0 Å². The number of nitrogens with zero attached hydrogens (tertiary/aromatic N) is 1. The number of piperidine rings is 1. The fraction of sp³-hybridized carbons (Fsp3) is 0.400. The first-order valence-corrected chi connectivity index (χ1v) is 8.20. The van der Waals surface area contributed by atoms with Gasteiger partial charge in [-0.2, -0.15) is 0 Å². The molecule has 1 aliphatic heterocycles. The van der Waals surface area contributed by atoms with Crippen molar-refractivity contribution in [2.75, 3.05) is 13.1 Å². The van der Waals surface area contributed by atoms with E-state index in [9.17, 15) is 0 Å². The van der Waals surface area contributed by atoms with E-state index < -0.39 is 0 Å². The Morgan fingerprint density at radius 1 is 0.857 bits per heavy atom. The van der Waals surface area contributed by atoms with Crippen molar-refractivity contribution in [1.82, 2.24) is 4.90 Å². The van der Waals surface area contributed by atoms with Gasteiger partial charge in [-0.25, -0.2) is 0 Å². The molecular weight excluding hydrogens is 254 g/mol. The van der Waals surface area contributed by atoms with Gasteiger partial charge in [-0.3, -0.25) is 4.90 Å². The summed E-state index contributed by atoms with van der Waals surface area (Å²) in [5, 5.41) is 0. The third-order valence-electron chi connectivity index (χ3n) is 4.54. The molecule has 2 aromatic rings. The zero-order valence-corrected chi connectivity index (χ0v) is 12.7. The number of rotatable bonds is 5. The van der Waals surface area contributed by atoms with Crippen LogP contribution in [0.4, 0.5) is 0 Å². The van der Waals surface area contributed by atoms with E-state index in [2.05, 4.69) is 65.6 Å².